The van der Waals surface area contributed by atoms with Crippen LogP contribution in [0.5, 0.6) is 0 Å². The fourth-order valence-corrected chi connectivity index (χ4v) is 2.10. The van der Waals surface area contributed by atoms with Crippen LogP contribution >= 0.6 is 0 Å². The van der Waals surface area contributed by atoms with Crippen LogP contribution in [0.4, 0.5) is 11.5 Å². The molecule has 0 radical (unpaired) electrons. The lowest BCUT2D eigenvalue weighted by atomic mass is 10.1. The van der Waals surface area contributed by atoms with Crippen molar-refractivity contribution >= 4 is 22.3 Å². The van der Waals surface area contributed by atoms with Crippen LogP contribution in [0.15, 0.2) is 24.4 Å². The first-order valence-corrected chi connectivity index (χ1v) is 5.68. The van der Waals surface area contributed by atoms with Crippen LogP contribution in [0.2, 0.25) is 0 Å². The summed E-state index contributed by atoms with van der Waals surface area (Å²) in [6.45, 7) is 3.40. The number of fused-ring (bicyclic) bond motifs is 1. The third-order valence-corrected chi connectivity index (χ3v) is 3.05. The molecule has 2 N–H and O–H groups in total. The Bertz CT molecular complexity index is 537. The molecule has 17 heavy (non-hydrogen) atoms. The minimum atomic E-state index is 0.484. The number of hydrogen-bond donors (Lipinski definition) is 1. The van der Waals surface area contributed by atoms with Crippen LogP contribution in [0.3, 0.4) is 0 Å². The maximum absolute atomic E-state index is 5.84. The Hall–Kier alpha value is -1.88. The minimum Gasteiger partial charge on any atom is -0.382 e. The molecule has 2 heterocycles. The van der Waals surface area contributed by atoms with Gasteiger partial charge in [0.05, 0.1) is 19.4 Å². The highest BCUT2D eigenvalue weighted by molar-refractivity contribution is 5.92. The fourth-order valence-electron chi connectivity index (χ4n) is 2.10. The number of nitrogen functional groups attached to an aromatic ring is 1. The molecule has 5 heteroatoms. The molecule has 0 saturated carbocycles. The van der Waals surface area contributed by atoms with Gasteiger partial charge in [-0.3, -0.25) is 0 Å². The monoisotopic (exact) mass is 230 g/mol. The maximum atomic E-state index is 5.84. The average molecular weight is 230 g/mol. The second kappa shape index (κ2) is 4.18. The second-order valence-electron chi connectivity index (χ2n) is 4.10. The number of rotatable bonds is 1. The van der Waals surface area contributed by atoms with E-state index in [2.05, 4.69) is 27.2 Å². The highest BCUT2D eigenvalue weighted by Crippen LogP contribution is 2.24. The van der Waals surface area contributed by atoms with Gasteiger partial charge in [0.1, 0.15) is 0 Å². The molecule has 0 bridgehead atoms. The van der Waals surface area contributed by atoms with Crippen LogP contribution in [0, 0.1) is 0 Å². The first kappa shape index (κ1) is 10.3. The van der Waals surface area contributed by atoms with Crippen LogP contribution < -0.4 is 10.6 Å². The summed E-state index contributed by atoms with van der Waals surface area (Å²) in [5.41, 5.74) is 7.00. The van der Waals surface area contributed by atoms with E-state index in [9.17, 15) is 0 Å². The van der Waals surface area contributed by atoms with Crippen molar-refractivity contribution in [2.24, 2.45) is 0 Å². The summed E-state index contributed by atoms with van der Waals surface area (Å²) >= 11 is 0. The van der Waals surface area contributed by atoms with Crippen molar-refractivity contribution in [3.8, 4) is 0 Å². The van der Waals surface area contributed by atoms with E-state index in [1.54, 1.807) is 6.20 Å². The quantitative estimate of drug-likeness (QED) is 0.793. The molecule has 0 aliphatic carbocycles. The third kappa shape index (κ3) is 1.89. The summed E-state index contributed by atoms with van der Waals surface area (Å²) in [6.07, 6.45) is 1.73. The lowest BCUT2D eigenvalue weighted by Crippen LogP contribution is -2.36. The Morgan fingerprint density at radius 3 is 2.88 bits per heavy atom. The van der Waals surface area contributed by atoms with Crippen molar-refractivity contribution in [2.45, 2.75) is 0 Å². The van der Waals surface area contributed by atoms with Crippen molar-refractivity contribution in [3.63, 3.8) is 0 Å². The summed E-state index contributed by atoms with van der Waals surface area (Å²) < 4.78 is 5.34. The Labute approximate surface area is 99.2 Å². The van der Waals surface area contributed by atoms with Gasteiger partial charge in [0, 0.05) is 29.5 Å². The number of morpholine rings is 1. The van der Waals surface area contributed by atoms with Crippen LogP contribution in [-0.2, 0) is 4.74 Å². The molecule has 2 aromatic rings. The average Bonchev–Trinajstić information content (AvgIpc) is 2.40. The molecule has 1 aromatic heterocycles. The van der Waals surface area contributed by atoms with Gasteiger partial charge in [0.25, 0.3) is 0 Å². The van der Waals surface area contributed by atoms with E-state index in [0.717, 1.165) is 37.1 Å². The summed E-state index contributed by atoms with van der Waals surface area (Å²) in [4.78, 5) is 2.29. The molecule has 1 aromatic carbocycles. The van der Waals surface area contributed by atoms with Gasteiger partial charge in [0.15, 0.2) is 5.82 Å². The van der Waals surface area contributed by atoms with Gasteiger partial charge < -0.3 is 15.4 Å². The summed E-state index contributed by atoms with van der Waals surface area (Å²) in [7, 11) is 0. The number of nitrogens with two attached hydrogens (primary N) is 1. The minimum absolute atomic E-state index is 0.484. The first-order valence-electron chi connectivity index (χ1n) is 5.68. The highest BCUT2D eigenvalue weighted by atomic mass is 16.5. The largest absolute Gasteiger partial charge is 0.382 e. The fraction of sp³-hybridized carbons (Fsp3) is 0.333. The molecule has 5 nitrogen and oxygen atoms in total. The van der Waals surface area contributed by atoms with E-state index in [0.29, 0.717) is 5.82 Å². The molecule has 0 atom stereocenters. The van der Waals surface area contributed by atoms with Gasteiger partial charge >= 0.3 is 0 Å². The zero-order valence-electron chi connectivity index (χ0n) is 9.47. The lowest BCUT2D eigenvalue weighted by Gasteiger charge is -2.29. The zero-order chi connectivity index (χ0) is 11.7. The lowest BCUT2D eigenvalue weighted by molar-refractivity contribution is 0.122. The molecule has 88 valence electrons. The number of anilines is 2. The predicted octanol–water partition coefficient (Wildman–Crippen LogP) is 1.05. The van der Waals surface area contributed by atoms with Gasteiger partial charge in [-0.05, 0) is 12.1 Å². The van der Waals surface area contributed by atoms with Crippen molar-refractivity contribution in [3.05, 3.63) is 24.4 Å². The molecular weight excluding hydrogens is 216 g/mol. The number of ether oxygens (including phenoxy) is 1. The molecule has 3 rings (SSSR count). The van der Waals surface area contributed by atoms with Crippen molar-refractivity contribution < 1.29 is 4.74 Å². The smallest absolute Gasteiger partial charge is 0.154 e. The third-order valence-electron chi connectivity index (χ3n) is 3.05. The normalized spacial score (nSPS) is 16.4. The van der Waals surface area contributed by atoms with E-state index < -0.39 is 0 Å². The number of nitrogens with zero attached hydrogens (tertiary/aromatic N) is 3. The van der Waals surface area contributed by atoms with Crippen molar-refractivity contribution in [1.29, 1.82) is 0 Å². The van der Waals surface area contributed by atoms with E-state index in [-0.39, 0.29) is 0 Å². The van der Waals surface area contributed by atoms with Crippen LogP contribution in [0.1, 0.15) is 0 Å². The van der Waals surface area contributed by atoms with Gasteiger partial charge in [-0.2, -0.15) is 5.10 Å². The Morgan fingerprint density at radius 2 is 2.06 bits per heavy atom. The molecule has 1 fully saturated rings. The SMILES string of the molecule is Nc1nncc2ccc(N3CCOCC3)cc12. The Morgan fingerprint density at radius 1 is 1.24 bits per heavy atom. The molecule has 1 saturated heterocycles. The van der Waals surface area contributed by atoms with E-state index in [4.69, 9.17) is 10.5 Å². The molecule has 1 aliphatic heterocycles. The molecule has 0 spiro atoms. The first-order chi connectivity index (χ1) is 8.34. The standard InChI is InChI=1S/C12H14N4O/c13-12-11-7-10(16-3-5-17-6-4-16)2-1-9(11)8-14-15-12/h1-2,7-8H,3-6H2,(H2,13,15). The molecule has 0 unspecified atom stereocenters. The van der Waals surface area contributed by atoms with Gasteiger partial charge in [-0.15, -0.1) is 5.10 Å². The van der Waals surface area contributed by atoms with E-state index >= 15 is 0 Å². The summed E-state index contributed by atoms with van der Waals surface area (Å²) in [5, 5.41) is 9.71. The summed E-state index contributed by atoms with van der Waals surface area (Å²) in [6, 6.07) is 6.20. The topological polar surface area (TPSA) is 64.3 Å². The molecular formula is C12H14N4O. The molecule has 0 amide bonds. The van der Waals surface area contributed by atoms with Gasteiger partial charge in [-0.25, -0.2) is 0 Å². The molecule has 1 aliphatic rings. The van der Waals surface area contributed by atoms with E-state index in [1.165, 1.54) is 5.69 Å². The zero-order valence-corrected chi connectivity index (χ0v) is 9.47. The van der Waals surface area contributed by atoms with Crippen molar-refractivity contribution in [1.82, 2.24) is 10.2 Å². The predicted molar refractivity (Wildman–Crippen MR) is 67.0 cm³/mol. The Kier molecular flexibility index (Phi) is 2.53. The maximum Gasteiger partial charge on any atom is 0.154 e. The number of benzene rings is 1. The van der Waals surface area contributed by atoms with Crippen LogP contribution in [-0.4, -0.2) is 36.5 Å². The van der Waals surface area contributed by atoms with E-state index in [1.807, 2.05) is 6.07 Å². The number of hydrogen-bond acceptors (Lipinski definition) is 5. The van der Waals surface area contributed by atoms with Gasteiger partial charge in [-0.1, -0.05) is 6.07 Å². The Balaban J connectivity index is 2.03. The summed E-state index contributed by atoms with van der Waals surface area (Å²) in [5.74, 6) is 0.484. The highest BCUT2D eigenvalue weighted by Gasteiger charge is 2.12. The van der Waals surface area contributed by atoms with Gasteiger partial charge in [0.2, 0.25) is 0 Å². The second-order valence-corrected chi connectivity index (χ2v) is 4.10. The van der Waals surface area contributed by atoms with Crippen LogP contribution in [0.25, 0.3) is 10.8 Å². The van der Waals surface area contributed by atoms with Crippen molar-refractivity contribution in [2.75, 3.05) is 36.9 Å². The number of aromatic nitrogens is 2.